The van der Waals surface area contributed by atoms with Crippen molar-refractivity contribution in [2.24, 2.45) is 5.41 Å². The molecule has 1 atom stereocenters. The van der Waals surface area contributed by atoms with E-state index in [1.807, 2.05) is 6.92 Å². The largest absolute Gasteiger partial charge is 0.396 e. The van der Waals surface area contributed by atoms with Gasteiger partial charge in [0.1, 0.15) is 6.04 Å². The first-order valence-electron chi connectivity index (χ1n) is 8.11. The summed E-state index contributed by atoms with van der Waals surface area (Å²) in [7, 11) is 0. The van der Waals surface area contributed by atoms with Crippen LogP contribution in [0.15, 0.2) is 4.52 Å². The van der Waals surface area contributed by atoms with Crippen LogP contribution in [-0.4, -0.2) is 34.4 Å². The topological polar surface area (TPSA) is 100 Å². The molecule has 122 valence electrons. The number of hydrogen-bond donors (Lipinski definition) is 3. The Morgan fingerprint density at radius 3 is 2.82 bits per heavy atom. The number of aliphatic hydroxyl groups excluding tert-OH is 1. The van der Waals surface area contributed by atoms with E-state index in [4.69, 9.17) is 4.52 Å². The number of aromatic nitrogens is 2. The summed E-state index contributed by atoms with van der Waals surface area (Å²) in [6.07, 6.45) is 6.60. The number of urea groups is 1. The van der Waals surface area contributed by atoms with E-state index in [2.05, 4.69) is 20.8 Å². The average Bonchev–Trinajstić information content (AvgIpc) is 2.95. The Kier molecular flexibility index (Phi) is 4.33. The maximum atomic E-state index is 11.9. The van der Waals surface area contributed by atoms with Crippen molar-refractivity contribution in [1.82, 2.24) is 20.8 Å². The van der Waals surface area contributed by atoms with E-state index >= 15 is 0 Å². The van der Waals surface area contributed by atoms with Crippen LogP contribution in [0, 0.1) is 5.41 Å². The van der Waals surface area contributed by atoms with Crippen molar-refractivity contribution >= 4 is 6.03 Å². The maximum absolute atomic E-state index is 11.9. The molecule has 0 radical (unpaired) electrons. The summed E-state index contributed by atoms with van der Waals surface area (Å²) in [6.45, 7) is 2.45. The lowest BCUT2D eigenvalue weighted by molar-refractivity contribution is 0.201. The molecule has 2 saturated carbocycles. The van der Waals surface area contributed by atoms with Crippen LogP contribution in [-0.2, 0) is 0 Å². The summed E-state index contributed by atoms with van der Waals surface area (Å²) < 4.78 is 5.28. The normalized spacial score (nSPS) is 21.5. The standard InChI is InChI=1S/C15H24N4O3/c1-10(17-14(21)16-8-15(9-20)6-7-15)13-18-12(19-22-13)11-4-2-3-5-11/h10-11,20H,2-9H2,1H3,(H2,16,17,21). The molecule has 1 aromatic heterocycles. The molecule has 1 heterocycles. The quantitative estimate of drug-likeness (QED) is 0.745. The first kappa shape index (κ1) is 15.3. The molecule has 2 aliphatic carbocycles. The van der Waals surface area contributed by atoms with E-state index in [0.29, 0.717) is 18.4 Å². The Labute approximate surface area is 129 Å². The van der Waals surface area contributed by atoms with Gasteiger partial charge in [0.25, 0.3) is 0 Å². The van der Waals surface area contributed by atoms with Crippen molar-refractivity contribution in [3.8, 4) is 0 Å². The third kappa shape index (κ3) is 3.40. The molecule has 3 N–H and O–H groups in total. The molecular weight excluding hydrogens is 284 g/mol. The molecule has 2 aliphatic rings. The van der Waals surface area contributed by atoms with Crippen LogP contribution in [0.4, 0.5) is 4.79 Å². The van der Waals surface area contributed by atoms with Crippen LogP contribution in [0.2, 0.25) is 0 Å². The zero-order chi connectivity index (χ0) is 15.6. The molecule has 22 heavy (non-hydrogen) atoms. The van der Waals surface area contributed by atoms with Gasteiger partial charge in [-0.25, -0.2) is 4.79 Å². The average molecular weight is 308 g/mol. The fraction of sp³-hybridized carbons (Fsp3) is 0.800. The molecule has 0 aromatic carbocycles. The number of nitrogens with zero attached hydrogens (tertiary/aromatic N) is 2. The minimum absolute atomic E-state index is 0.0965. The molecule has 0 aliphatic heterocycles. The molecular formula is C15H24N4O3. The number of carbonyl (C=O) groups is 1. The van der Waals surface area contributed by atoms with Gasteiger partial charge in [-0.3, -0.25) is 0 Å². The lowest BCUT2D eigenvalue weighted by Crippen LogP contribution is -2.40. The fourth-order valence-corrected chi connectivity index (χ4v) is 2.92. The van der Waals surface area contributed by atoms with Gasteiger partial charge in [0.05, 0.1) is 6.61 Å². The van der Waals surface area contributed by atoms with Crippen LogP contribution < -0.4 is 10.6 Å². The second kappa shape index (κ2) is 6.24. The maximum Gasteiger partial charge on any atom is 0.315 e. The van der Waals surface area contributed by atoms with Gasteiger partial charge in [-0.2, -0.15) is 4.98 Å². The SMILES string of the molecule is CC(NC(=O)NCC1(CO)CC1)c1nc(C2CCCC2)no1. The van der Waals surface area contributed by atoms with E-state index in [-0.39, 0.29) is 24.1 Å². The number of nitrogens with one attached hydrogen (secondary N) is 2. The summed E-state index contributed by atoms with van der Waals surface area (Å²) >= 11 is 0. The van der Waals surface area contributed by atoms with Gasteiger partial charge < -0.3 is 20.3 Å². The van der Waals surface area contributed by atoms with Crippen molar-refractivity contribution in [3.63, 3.8) is 0 Å². The van der Waals surface area contributed by atoms with Gasteiger partial charge >= 0.3 is 6.03 Å². The van der Waals surface area contributed by atoms with Gasteiger partial charge in [-0.1, -0.05) is 18.0 Å². The first-order chi connectivity index (χ1) is 10.6. The second-order valence-electron chi connectivity index (χ2n) is 6.68. The molecule has 0 saturated heterocycles. The monoisotopic (exact) mass is 308 g/mol. The smallest absolute Gasteiger partial charge is 0.315 e. The van der Waals surface area contributed by atoms with E-state index in [9.17, 15) is 9.90 Å². The molecule has 2 amide bonds. The van der Waals surface area contributed by atoms with Crippen LogP contribution in [0.25, 0.3) is 0 Å². The summed E-state index contributed by atoms with van der Waals surface area (Å²) in [6, 6.07) is -0.597. The highest BCUT2D eigenvalue weighted by Gasteiger charge is 2.42. The van der Waals surface area contributed by atoms with Crippen molar-refractivity contribution in [1.29, 1.82) is 0 Å². The van der Waals surface area contributed by atoms with Gasteiger partial charge in [-0.15, -0.1) is 0 Å². The molecule has 0 bridgehead atoms. The number of amides is 2. The van der Waals surface area contributed by atoms with Gasteiger partial charge in [-0.05, 0) is 32.6 Å². The predicted molar refractivity (Wildman–Crippen MR) is 79.2 cm³/mol. The van der Waals surface area contributed by atoms with Crippen molar-refractivity contribution in [2.75, 3.05) is 13.2 Å². The van der Waals surface area contributed by atoms with Crippen molar-refractivity contribution in [3.05, 3.63) is 11.7 Å². The lowest BCUT2D eigenvalue weighted by Gasteiger charge is -2.15. The lowest BCUT2D eigenvalue weighted by atomic mass is 10.1. The number of carbonyl (C=O) groups excluding carboxylic acids is 1. The molecule has 7 nitrogen and oxygen atoms in total. The van der Waals surface area contributed by atoms with Gasteiger partial charge in [0.2, 0.25) is 5.89 Å². The van der Waals surface area contributed by atoms with Crippen LogP contribution in [0.5, 0.6) is 0 Å². The van der Waals surface area contributed by atoms with Crippen LogP contribution >= 0.6 is 0 Å². The zero-order valence-electron chi connectivity index (χ0n) is 13.0. The van der Waals surface area contributed by atoms with E-state index < -0.39 is 0 Å². The highest BCUT2D eigenvalue weighted by atomic mass is 16.5. The van der Waals surface area contributed by atoms with Crippen LogP contribution in [0.3, 0.4) is 0 Å². The van der Waals surface area contributed by atoms with Gasteiger partial charge in [0, 0.05) is 17.9 Å². The number of aliphatic hydroxyl groups is 1. The Morgan fingerprint density at radius 1 is 1.45 bits per heavy atom. The number of rotatable bonds is 6. The Balaban J connectivity index is 1.48. The number of hydrogen-bond acceptors (Lipinski definition) is 5. The summed E-state index contributed by atoms with van der Waals surface area (Å²) in [5.74, 6) is 1.61. The molecule has 1 aromatic rings. The summed E-state index contributed by atoms with van der Waals surface area (Å²) in [5, 5.41) is 18.9. The molecule has 1 unspecified atom stereocenters. The summed E-state index contributed by atoms with van der Waals surface area (Å²) in [4.78, 5) is 16.3. The van der Waals surface area contributed by atoms with Crippen molar-refractivity contribution < 1.29 is 14.4 Å². The summed E-state index contributed by atoms with van der Waals surface area (Å²) in [5.41, 5.74) is -0.0965. The molecule has 0 spiro atoms. The highest BCUT2D eigenvalue weighted by molar-refractivity contribution is 5.74. The highest BCUT2D eigenvalue weighted by Crippen LogP contribution is 2.44. The van der Waals surface area contributed by atoms with E-state index in [1.165, 1.54) is 12.8 Å². The van der Waals surface area contributed by atoms with E-state index in [1.54, 1.807) is 0 Å². The Bertz CT molecular complexity index is 521. The Hall–Kier alpha value is -1.63. The molecule has 2 fully saturated rings. The zero-order valence-corrected chi connectivity index (χ0v) is 13.0. The Morgan fingerprint density at radius 2 is 2.18 bits per heavy atom. The molecule has 7 heteroatoms. The minimum Gasteiger partial charge on any atom is -0.396 e. The second-order valence-corrected chi connectivity index (χ2v) is 6.68. The first-order valence-corrected chi connectivity index (χ1v) is 8.11. The predicted octanol–water partition coefficient (Wildman–Crippen LogP) is 1.86. The molecule has 3 rings (SSSR count). The van der Waals surface area contributed by atoms with Gasteiger partial charge in [0.15, 0.2) is 5.82 Å². The minimum atomic E-state index is -0.327. The third-order valence-corrected chi connectivity index (χ3v) is 4.81. The van der Waals surface area contributed by atoms with Crippen molar-refractivity contribution in [2.45, 2.75) is 57.4 Å². The van der Waals surface area contributed by atoms with Crippen LogP contribution in [0.1, 0.15) is 69.1 Å². The third-order valence-electron chi connectivity index (χ3n) is 4.81. The fourth-order valence-electron chi connectivity index (χ4n) is 2.92. The van der Waals surface area contributed by atoms with E-state index in [0.717, 1.165) is 31.5 Å².